The third-order valence-corrected chi connectivity index (χ3v) is 13.1. The third-order valence-electron chi connectivity index (χ3n) is 13.1. The zero-order chi connectivity index (χ0) is 41.7. The predicted molar refractivity (Wildman–Crippen MR) is 263 cm³/mol. The van der Waals surface area contributed by atoms with Gasteiger partial charge in [-0.15, -0.1) is 0 Å². The fourth-order valence-electron chi connectivity index (χ4n) is 10.5. The molecule has 1 spiro atoms. The summed E-state index contributed by atoms with van der Waals surface area (Å²) in [6, 6.07) is 93.3. The van der Waals surface area contributed by atoms with E-state index in [1.165, 1.54) is 66.8 Å². The van der Waals surface area contributed by atoms with E-state index in [0.717, 1.165) is 34.1 Å². The Morgan fingerprint density at radius 3 is 1.10 bits per heavy atom. The Kier molecular flexibility index (Phi) is 8.76. The molecule has 0 aromatic heterocycles. The van der Waals surface area contributed by atoms with Crippen molar-refractivity contribution in [3.05, 3.63) is 277 Å². The van der Waals surface area contributed by atoms with Crippen molar-refractivity contribution in [1.29, 1.82) is 0 Å². The normalized spacial score (nSPS) is 12.6. The number of hydrogen-bond acceptors (Lipinski definition) is 2. The van der Waals surface area contributed by atoms with Crippen molar-refractivity contribution in [1.82, 2.24) is 0 Å². The van der Waals surface area contributed by atoms with Gasteiger partial charge in [0.25, 0.3) is 0 Å². The lowest BCUT2D eigenvalue weighted by atomic mass is 9.66. The fourth-order valence-corrected chi connectivity index (χ4v) is 10.5. The lowest BCUT2D eigenvalue weighted by molar-refractivity contribution is 0.775. The first-order chi connectivity index (χ1) is 31.3. The SMILES string of the molecule is c1ccc(-c2ccc(N(c3ccc(N(c4ccccc4)c4ccccc4)cc3)c3cccc4c3-c3ccccc3C43c4ccccc4-c4ccccc4-c4ccccc43)cc2)cc1. The molecule has 0 heterocycles. The molecule has 2 aliphatic carbocycles. The fraction of sp³-hybridized carbons (Fsp3) is 0.0164. The van der Waals surface area contributed by atoms with Gasteiger partial charge in [-0.3, -0.25) is 0 Å². The molecule has 0 bridgehead atoms. The highest BCUT2D eigenvalue weighted by atomic mass is 15.2. The molecule has 0 radical (unpaired) electrons. The second kappa shape index (κ2) is 15.1. The van der Waals surface area contributed by atoms with Gasteiger partial charge in [-0.05, 0) is 128 Å². The minimum Gasteiger partial charge on any atom is -0.311 e. The van der Waals surface area contributed by atoms with Gasteiger partial charge in [0.05, 0.1) is 11.1 Å². The molecule has 0 N–H and O–H groups in total. The van der Waals surface area contributed by atoms with Gasteiger partial charge in [-0.2, -0.15) is 0 Å². The van der Waals surface area contributed by atoms with Crippen molar-refractivity contribution in [2.75, 3.05) is 9.80 Å². The highest BCUT2D eigenvalue weighted by molar-refractivity contribution is 6.02. The number of anilines is 6. The number of para-hydroxylation sites is 2. The van der Waals surface area contributed by atoms with Crippen molar-refractivity contribution in [2.45, 2.75) is 5.41 Å². The van der Waals surface area contributed by atoms with E-state index in [4.69, 9.17) is 0 Å². The van der Waals surface area contributed by atoms with Gasteiger partial charge in [-0.1, -0.05) is 188 Å². The molecular weight excluding hydrogens is 761 g/mol. The van der Waals surface area contributed by atoms with Gasteiger partial charge in [0.15, 0.2) is 0 Å². The first-order valence-corrected chi connectivity index (χ1v) is 21.8. The van der Waals surface area contributed by atoms with Crippen molar-refractivity contribution in [2.24, 2.45) is 0 Å². The lowest BCUT2D eigenvalue weighted by Crippen LogP contribution is -2.29. The Hall–Kier alpha value is -8.20. The van der Waals surface area contributed by atoms with Gasteiger partial charge < -0.3 is 9.80 Å². The third kappa shape index (κ3) is 5.80. The average molecular weight is 803 g/mol. The quantitative estimate of drug-likeness (QED) is 0.158. The van der Waals surface area contributed by atoms with Crippen LogP contribution >= 0.6 is 0 Å². The van der Waals surface area contributed by atoms with Crippen LogP contribution in [-0.2, 0) is 5.41 Å². The van der Waals surface area contributed by atoms with Gasteiger partial charge in [0.1, 0.15) is 0 Å². The highest BCUT2D eigenvalue weighted by Crippen LogP contribution is 2.63. The minimum atomic E-state index is -0.577. The van der Waals surface area contributed by atoms with Crippen LogP contribution in [0, 0.1) is 0 Å². The van der Waals surface area contributed by atoms with Crippen molar-refractivity contribution < 1.29 is 0 Å². The number of fused-ring (bicyclic) bond motifs is 12. The smallest absolute Gasteiger partial charge is 0.0726 e. The summed E-state index contributed by atoms with van der Waals surface area (Å²) >= 11 is 0. The molecule has 2 aliphatic rings. The summed E-state index contributed by atoms with van der Waals surface area (Å²) in [6.07, 6.45) is 0. The van der Waals surface area contributed by atoms with E-state index in [1.807, 2.05) is 0 Å². The van der Waals surface area contributed by atoms with Crippen molar-refractivity contribution in [3.8, 4) is 44.5 Å². The Bertz CT molecular complexity index is 3160. The van der Waals surface area contributed by atoms with Crippen LogP contribution in [0.4, 0.5) is 34.1 Å². The van der Waals surface area contributed by atoms with Gasteiger partial charge in [-0.25, -0.2) is 0 Å². The van der Waals surface area contributed by atoms with E-state index in [9.17, 15) is 0 Å². The molecule has 10 aromatic carbocycles. The Morgan fingerprint density at radius 2 is 0.571 bits per heavy atom. The number of nitrogens with zero attached hydrogens (tertiary/aromatic N) is 2. The van der Waals surface area contributed by atoms with Crippen molar-refractivity contribution in [3.63, 3.8) is 0 Å². The molecule has 2 nitrogen and oxygen atoms in total. The van der Waals surface area contributed by atoms with Crippen LogP contribution in [0.5, 0.6) is 0 Å². The summed E-state index contributed by atoms with van der Waals surface area (Å²) in [5.41, 5.74) is 21.2. The minimum absolute atomic E-state index is 0.577. The number of benzene rings is 10. The number of hydrogen-bond donors (Lipinski definition) is 0. The first-order valence-electron chi connectivity index (χ1n) is 21.8. The van der Waals surface area contributed by atoms with E-state index >= 15 is 0 Å². The van der Waals surface area contributed by atoms with Crippen LogP contribution in [0.2, 0.25) is 0 Å². The molecule has 63 heavy (non-hydrogen) atoms. The molecule has 12 rings (SSSR count). The average Bonchev–Trinajstić information content (AvgIpc) is 3.61. The molecule has 10 aromatic rings. The Balaban J connectivity index is 1.10. The molecule has 0 atom stereocenters. The van der Waals surface area contributed by atoms with Crippen LogP contribution in [0.3, 0.4) is 0 Å². The molecule has 0 unspecified atom stereocenters. The molecule has 0 amide bonds. The van der Waals surface area contributed by atoms with Gasteiger partial charge in [0, 0.05) is 34.0 Å². The summed E-state index contributed by atoms with van der Waals surface area (Å²) in [4.78, 5) is 4.79. The van der Waals surface area contributed by atoms with Crippen LogP contribution in [0.1, 0.15) is 22.3 Å². The summed E-state index contributed by atoms with van der Waals surface area (Å²) in [6.45, 7) is 0. The molecular formula is C61H42N2. The molecule has 0 aliphatic heterocycles. The van der Waals surface area contributed by atoms with E-state index in [2.05, 4.69) is 265 Å². The predicted octanol–water partition coefficient (Wildman–Crippen LogP) is 16.3. The highest BCUT2D eigenvalue weighted by Gasteiger charge is 2.50. The zero-order valence-corrected chi connectivity index (χ0v) is 34.6. The largest absolute Gasteiger partial charge is 0.311 e. The maximum atomic E-state index is 2.46. The Labute approximate surface area is 369 Å². The molecule has 0 saturated carbocycles. The van der Waals surface area contributed by atoms with Crippen LogP contribution < -0.4 is 9.80 Å². The van der Waals surface area contributed by atoms with Crippen LogP contribution in [-0.4, -0.2) is 0 Å². The van der Waals surface area contributed by atoms with Gasteiger partial charge in [0.2, 0.25) is 0 Å². The van der Waals surface area contributed by atoms with E-state index < -0.39 is 5.41 Å². The van der Waals surface area contributed by atoms with E-state index in [-0.39, 0.29) is 0 Å². The molecule has 0 fully saturated rings. The molecule has 0 saturated heterocycles. The van der Waals surface area contributed by atoms with Crippen molar-refractivity contribution >= 4 is 34.1 Å². The summed E-state index contributed by atoms with van der Waals surface area (Å²) < 4.78 is 0. The molecule has 296 valence electrons. The second-order valence-electron chi connectivity index (χ2n) is 16.4. The monoisotopic (exact) mass is 802 g/mol. The number of rotatable bonds is 7. The zero-order valence-electron chi connectivity index (χ0n) is 34.6. The first kappa shape index (κ1) is 36.6. The standard InChI is InChI=1S/C61H42N2/c1-4-19-43(20-5-1)44-35-37-48(38-36-44)63(49-41-39-47(40-42-49)62(45-21-6-2-7-22-45)46-23-8-3-9-24-46)59-34-18-33-58-60(59)54-29-14-17-32-57(54)61(58)55-30-15-12-27-52(55)50-25-10-11-26-51(50)53-28-13-16-31-56(53)61/h1-42H. The van der Waals surface area contributed by atoms with Crippen LogP contribution in [0.15, 0.2) is 255 Å². The lowest BCUT2D eigenvalue weighted by Gasteiger charge is -2.35. The summed E-state index contributed by atoms with van der Waals surface area (Å²) in [5.74, 6) is 0. The maximum Gasteiger partial charge on any atom is 0.0726 e. The summed E-state index contributed by atoms with van der Waals surface area (Å²) in [5, 5.41) is 0. The second-order valence-corrected chi connectivity index (χ2v) is 16.4. The Morgan fingerprint density at radius 1 is 0.222 bits per heavy atom. The molecule has 2 heteroatoms. The van der Waals surface area contributed by atoms with E-state index in [1.54, 1.807) is 0 Å². The van der Waals surface area contributed by atoms with Crippen LogP contribution in [0.25, 0.3) is 44.5 Å². The maximum absolute atomic E-state index is 2.46. The van der Waals surface area contributed by atoms with E-state index in [0.29, 0.717) is 0 Å². The summed E-state index contributed by atoms with van der Waals surface area (Å²) in [7, 11) is 0. The topological polar surface area (TPSA) is 6.48 Å². The van der Waals surface area contributed by atoms with Gasteiger partial charge >= 0.3 is 0 Å².